The maximum Gasteiger partial charge on any atom is 0.227 e. The van der Waals surface area contributed by atoms with Crippen LogP contribution in [0.1, 0.15) is 29.0 Å². The Balaban J connectivity index is 1.57. The predicted molar refractivity (Wildman–Crippen MR) is 92.6 cm³/mol. The molecule has 1 fully saturated rings. The van der Waals surface area contributed by atoms with Crippen molar-refractivity contribution in [2.45, 2.75) is 33.2 Å². The van der Waals surface area contributed by atoms with Gasteiger partial charge in [-0.05, 0) is 38.0 Å². The Hall–Kier alpha value is -2.21. The summed E-state index contributed by atoms with van der Waals surface area (Å²) in [6.45, 7) is 7.88. The quantitative estimate of drug-likeness (QED) is 0.855. The first-order chi connectivity index (χ1) is 12.0. The summed E-state index contributed by atoms with van der Waals surface area (Å²) >= 11 is 0. The fraction of sp³-hybridized carbons (Fsp3) is 0.474. The fourth-order valence-electron chi connectivity index (χ4n) is 3.26. The summed E-state index contributed by atoms with van der Waals surface area (Å²) in [4.78, 5) is 16.7. The number of aromatic nitrogens is 1. The molecule has 0 N–H and O–H groups in total. The molecule has 1 aromatic carbocycles. The molecule has 2 aromatic rings. The monoisotopic (exact) mass is 345 g/mol. The zero-order valence-corrected chi connectivity index (χ0v) is 14.8. The van der Waals surface area contributed by atoms with Gasteiger partial charge in [-0.1, -0.05) is 17.3 Å². The van der Waals surface area contributed by atoms with Crippen molar-refractivity contribution >= 4 is 5.91 Å². The molecule has 0 saturated carbocycles. The van der Waals surface area contributed by atoms with Gasteiger partial charge in [0.25, 0.3) is 0 Å². The summed E-state index contributed by atoms with van der Waals surface area (Å²) in [6.07, 6.45) is 1.18. The Labute approximate surface area is 147 Å². The zero-order chi connectivity index (χ0) is 17.8. The molecule has 0 atom stereocenters. The van der Waals surface area contributed by atoms with Crippen LogP contribution in [0.15, 0.2) is 28.8 Å². The Morgan fingerprint density at radius 1 is 1.24 bits per heavy atom. The Morgan fingerprint density at radius 2 is 2.08 bits per heavy atom. The minimum Gasteiger partial charge on any atom is -0.361 e. The molecule has 0 radical (unpaired) electrons. The summed E-state index contributed by atoms with van der Waals surface area (Å²) in [5.41, 5.74) is 2.79. The molecule has 1 aliphatic rings. The van der Waals surface area contributed by atoms with Gasteiger partial charge in [-0.2, -0.15) is 0 Å². The van der Waals surface area contributed by atoms with Crippen LogP contribution in [0.2, 0.25) is 0 Å². The highest BCUT2D eigenvalue weighted by molar-refractivity contribution is 5.78. The van der Waals surface area contributed by atoms with Crippen LogP contribution >= 0.6 is 0 Å². The number of hydrogen-bond acceptors (Lipinski definition) is 4. The van der Waals surface area contributed by atoms with Crippen LogP contribution in [0.25, 0.3) is 0 Å². The maximum atomic E-state index is 13.3. The molecule has 6 heteroatoms. The molecule has 134 valence electrons. The van der Waals surface area contributed by atoms with E-state index >= 15 is 0 Å². The number of hydrogen-bond donors (Lipinski definition) is 0. The lowest BCUT2D eigenvalue weighted by Crippen LogP contribution is -2.36. The van der Waals surface area contributed by atoms with E-state index in [0.29, 0.717) is 6.54 Å². The summed E-state index contributed by atoms with van der Waals surface area (Å²) < 4.78 is 18.5. The molecule has 1 aliphatic heterocycles. The van der Waals surface area contributed by atoms with Crippen LogP contribution in [0, 0.1) is 19.7 Å². The van der Waals surface area contributed by atoms with Crippen LogP contribution in [0.4, 0.5) is 4.39 Å². The number of benzene rings is 1. The largest absolute Gasteiger partial charge is 0.361 e. The van der Waals surface area contributed by atoms with Gasteiger partial charge in [0, 0.05) is 38.3 Å². The molecule has 1 amide bonds. The normalized spacial score (nSPS) is 16.0. The smallest absolute Gasteiger partial charge is 0.227 e. The van der Waals surface area contributed by atoms with Gasteiger partial charge in [0.2, 0.25) is 5.91 Å². The molecule has 1 aromatic heterocycles. The van der Waals surface area contributed by atoms with Gasteiger partial charge >= 0.3 is 0 Å². The lowest BCUT2D eigenvalue weighted by molar-refractivity contribution is -0.130. The Morgan fingerprint density at radius 3 is 2.80 bits per heavy atom. The molecule has 3 rings (SSSR count). The number of halogens is 1. The number of carbonyl (C=O) groups excluding carboxylic acids is 1. The molecule has 2 heterocycles. The first-order valence-corrected chi connectivity index (χ1v) is 8.69. The molecule has 25 heavy (non-hydrogen) atoms. The highest BCUT2D eigenvalue weighted by Crippen LogP contribution is 2.16. The number of aryl methyl sites for hydroxylation is 2. The molecule has 1 saturated heterocycles. The molecule has 0 bridgehead atoms. The van der Waals surface area contributed by atoms with E-state index in [4.69, 9.17) is 4.52 Å². The Kier molecular flexibility index (Phi) is 5.48. The first kappa shape index (κ1) is 17.6. The van der Waals surface area contributed by atoms with Crippen LogP contribution < -0.4 is 0 Å². The van der Waals surface area contributed by atoms with E-state index in [2.05, 4.69) is 10.1 Å². The predicted octanol–water partition coefficient (Wildman–Crippen LogP) is 2.71. The van der Waals surface area contributed by atoms with Gasteiger partial charge in [0.1, 0.15) is 11.6 Å². The van der Waals surface area contributed by atoms with Crippen LogP contribution in [-0.2, 0) is 17.8 Å². The first-order valence-electron chi connectivity index (χ1n) is 8.69. The van der Waals surface area contributed by atoms with Crippen molar-refractivity contribution in [2.24, 2.45) is 0 Å². The average Bonchev–Trinajstić information content (AvgIpc) is 2.78. The second-order valence-electron chi connectivity index (χ2n) is 6.62. The third-order valence-corrected chi connectivity index (χ3v) is 4.75. The molecule has 5 nitrogen and oxygen atoms in total. The van der Waals surface area contributed by atoms with E-state index in [1.165, 1.54) is 12.1 Å². The van der Waals surface area contributed by atoms with Crippen LogP contribution in [-0.4, -0.2) is 47.0 Å². The second kappa shape index (κ2) is 7.78. The van der Waals surface area contributed by atoms with Gasteiger partial charge in [0.15, 0.2) is 0 Å². The van der Waals surface area contributed by atoms with E-state index < -0.39 is 0 Å². The van der Waals surface area contributed by atoms with Crippen molar-refractivity contribution in [3.05, 3.63) is 52.7 Å². The summed E-state index contributed by atoms with van der Waals surface area (Å²) in [6, 6.07) is 6.26. The van der Waals surface area contributed by atoms with E-state index in [1.807, 2.05) is 18.7 Å². The van der Waals surface area contributed by atoms with E-state index in [1.54, 1.807) is 12.1 Å². The van der Waals surface area contributed by atoms with Gasteiger partial charge in [-0.15, -0.1) is 0 Å². The third kappa shape index (κ3) is 4.45. The molecule has 0 aliphatic carbocycles. The standard InChI is InChI=1S/C19H24FN3O2/c1-14-18(15(2)25-21-14)13-22-7-4-8-23(10-9-22)19(24)12-16-5-3-6-17(20)11-16/h3,5-6,11H,4,7-10,12-13H2,1-2H3. The van der Waals surface area contributed by atoms with E-state index in [9.17, 15) is 9.18 Å². The topological polar surface area (TPSA) is 49.6 Å². The van der Waals surface area contributed by atoms with Crippen molar-refractivity contribution in [2.75, 3.05) is 26.2 Å². The van der Waals surface area contributed by atoms with E-state index in [0.717, 1.165) is 55.2 Å². The SMILES string of the molecule is Cc1noc(C)c1CN1CCCN(C(=O)Cc2cccc(F)c2)CC1. The molecular formula is C19H24FN3O2. The number of rotatable bonds is 4. The van der Waals surface area contributed by atoms with Gasteiger partial charge in [-0.3, -0.25) is 9.69 Å². The van der Waals surface area contributed by atoms with Crippen molar-refractivity contribution in [3.8, 4) is 0 Å². The fourth-order valence-corrected chi connectivity index (χ4v) is 3.26. The van der Waals surface area contributed by atoms with Crippen molar-refractivity contribution in [1.29, 1.82) is 0 Å². The maximum absolute atomic E-state index is 13.3. The number of nitrogens with zero attached hydrogens (tertiary/aromatic N) is 3. The van der Waals surface area contributed by atoms with Crippen LogP contribution in [0.3, 0.4) is 0 Å². The highest BCUT2D eigenvalue weighted by Gasteiger charge is 2.21. The van der Waals surface area contributed by atoms with Gasteiger partial charge in [-0.25, -0.2) is 4.39 Å². The Bertz CT molecular complexity index is 725. The summed E-state index contributed by atoms with van der Waals surface area (Å²) in [5, 5.41) is 4.01. The molecule has 0 unspecified atom stereocenters. The number of amides is 1. The van der Waals surface area contributed by atoms with Gasteiger partial charge in [0.05, 0.1) is 12.1 Å². The zero-order valence-electron chi connectivity index (χ0n) is 14.8. The van der Waals surface area contributed by atoms with Crippen LogP contribution in [0.5, 0.6) is 0 Å². The van der Waals surface area contributed by atoms with E-state index in [-0.39, 0.29) is 18.1 Å². The summed E-state index contributed by atoms with van der Waals surface area (Å²) in [5.74, 6) is 0.623. The molecular weight excluding hydrogens is 321 g/mol. The third-order valence-electron chi connectivity index (χ3n) is 4.75. The average molecular weight is 345 g/mol. The summed E-state index contributed by atoms with van der Waals surface area (Å²) in [7, 11) is 0. The lowest BCUT2D eigenvalue weighted by Gasteiger charge is -2.22. The van der Waals surface area contributed by atoms with Crippen molar-refractivity contribution in [1.82, 2.24) is 15.0 Å². The minimum absolute atomic E-state index is 0.0600. The van der Waals surface area contributed by atoms with Gasteiger partial charge < -0.3 is 9.42 Å². The lowest BCUT2D eigenvalue weighted by atomic mass is 10.1. The highest BCUT2D eigenvalue weighted by atomic mass is 19.1. The molecule has 0 spiro atoms. The van der Waals surface area contributed by atoms with Crippen molar-refractivity contribution < 1.29 is 13.7 Å². The minimum atomic E-state index is -0.299. The second-order valence-corrected chi connectivity index (χ2v) is 6.62. The number of carbonyl (C=O) groups is 1. The van der Waals surface area contributed by atoms with Crippen molar-refractivity contribution in [3.63, 3.8) is 0 Å².